The van der Waals surface area contributed by atoms with Crippen molar-refractivity contribution >= 4 is 39.9 Å². The lowest BCUT2D eigenvalue weighted by molar-refractivity contribution is -0.137. The van der Waals surface area contributed by atoms with Crippen LogP contribution < -0.4 is 10.3 Å². The van der Waals surface area contributed by atoms with Crippen molar-refractivity contribution in [1.29, 1.82) is 0 Å². The maximum atomic E-state index is 12.6. The van der Waals surface area contributed by atoms with Crippen LogP contribution in [0.15, 0.2) is 46.7 Å². The molecule has 4 rings (SSSR count). The molecule has 10 heteroatoms. The SMILES string of the molecule is COc1cccc(CC(=O)N2CCN(C(=O)CSCc3cc(=O)n4ccsc4n3)CC2)c1. The molecule has 0 aliphatic carbocycles. The number of ether oxygens (including phenoxy) is 1. The van der Waals surface area contributed by atoms with Gasteiger partial charge in [0.1, 0.15) is 5.75 Å². The highest BCUT2D eigenvalue weighted by Gasteiger charge is 2.24. The highest BCUT2D eigenvalue weighted by molar-refractivity contribution is 7.99. The van der Waals surface area contributed by atoms with Crippen molar-refractivity contribution in [1.82, 2.24) is 19.2 Å². The van der Waals surface area contributed by atoms with Crippen molar-refractivity contribution in [3.05, 3.63) is 63.5 Å². The summed E-state index contributed by atoms with van der Waals surface area (Å²) in [6, 6.07) is 9.03. The Morgan fingerprint density at radius 2 is 1.88 bits per heavy atom. The molecule has 2 amide bonds. The molecule has 0 saturated carbocycles. The van der Waals surface area contributed by atoms with Crippen LogP contribution in [0.25, 0.3) is 4.96 Å². The van der Waals surface area contributed by atoms with Gasteiger partial charge in [-0.2, -0.15) is 0 Å². The molecule has 3 aromatic rings. The minimum atomic E-state index is -0.104. The summed E-state index contributed by atoms with van der Waals surface area (Å²) in [6.07, 6.45) is 2.03. The minimum absolute atomic E-state index is 0.0452. The lowest BCUT2D eigenvalue weighted by atomic mass is 10.1. The molecule has 0 N–H and O–H groups in total. The largest absolute Gasteiger partial charge is 0.497 e. The van der Waals surface area contributed by atoms with E-state index in [0.29, 0.717) is 54.8 Å². The molecule has 1 aliphatic heterocycles. The number of aromatic nitrogens is 2. The van der Waals surface area contributed by atoms with Crippen molar-refractivity contribution < 1.29 is 14.3 Å². The predicted octanol–water partition coefficient (Wildman–Crippen LogP) is 1.91. The molecule has 168 valence electrons. The standard InChI is InChI=1S/C22H24N4O4S2/c1-30-18-4-2-3-16(11-18)12-19(27)24-5-7-25(8-6-24)21(29)15-31-14-17-13-20(28)26-9-10-32-22(26)23-17/h2-4,9-11,13H,5-8,12,14-15H2,1H3. The van der Waals surface area contributed by atoms with Gasteiger partial charge in [-0.05, 0) is 17.7 Å². The Hall–Kier alpha value is -2.85. The van der Waals surface area contributed by atoms with E-state index in [1.807, 2.05) is 34.5 Å². The highest BCUT2D eigenvalue weighted by atomic mass is 32.2. The molecule has 0 atom stereocenters. The Morgan fingerprint density at radius 3 is 2.62 bits per heavy atom. The maximum absolute atomic E-state index is 12.6. The van der Waals surface area contributed by atoms with Gasteiger partial charge >= 0.3 is 0 Å². The number of rotatable bonds is 7. The zero-order chi connectivity index (χ0) is 22.5. The summed E-state index contributed by atoms with van der Waals surface area (Å²) in [7, 11) is 1.61. The molecule has 0 radical (unpaired) electrons. The van der Waals surface area contributed by atoms with Crippen LogP contribution in [0.4, 0.5) is 0 Å². The number of piperazine rings is 1. The van der Waals surface area contributed by atoms with Crippen LogP contribution in [-0.2, 0) is 21.8 Å². The van der Waals surface area contributed by atoms with Crippen LogP contribution in [0.5, 0.6) is 5.75 Å². The van der Waals surface area contributed by atoms with E-state index >= 15 is 0 Å². The van der Waals surface area contributed by atoms with Crippen molar-refractivity contribution in [3.63, 3.8) is 0 Å². The van der Waals surface area contributed by atoms with E-state index < -0.39 is 0 Å². The van der Waals surface area contributed by atoms with E-state index in [9.17, 15) is 14.4 Å². The Kier molecular flexibility index (Phi) is 7.11. The molecule has 2 aromatic heterocycles. The first-order valence-electron chi connectivity index (χ1n) is 10.3. The van der Waals surface area contributed by atoms with Crippen molar-refractivity contribution in [3.8, 4) is 5.75 Å². The molecule has 0 unspecified atom stereocenters. The fraction of sp³-hybridized carbons (Fsp3) is 0.364. The number of thioether (sulfide) groups is 1. The molecular weight excluding hydrogens is 448 g/mol. The topological polar surface area (TPSA) is 84.2 Å². The Morgan fingerprint density at radius 1 is 1.12 bits per heavy atom. The summed E-state index contributed by atoms with van der Waals surface area (Å²) in [5, 5.41) is 1.82. The van der Waals surface area contributed by atoms with Gasteiger partial charge in [0.05, 0.1) is 25.0 Å². The first kappa shape index (κ1) is 22.3. The van der Waals surface area contributed by atoms with Gasteiger partial charge in [0.15, 0.2) is 4.96 Å². The number of carbonyl (C=O) groups excluding carboxylic acids is 2. The average Bonchev–Trinajstić information content (AvgIpc) is 3.28. The van der Waals surface area contributed by atoms with Gasteiger partial charge in [-0.1, -0.05) is 12.1 Å². The number of hydrogen-bond donors (Lipinski definition) is 0. The summed E-state index contributed by atoms with van der Waals surface area (Å²) in [6.45, 7) is 2.13. The number of nitrogens with zero attached hydrogens (tertiary/aromatic N) is 4. The third-order valence-corrected chi connectivity index (χ3v) is 7.01. The molecule has 1 saturated heterocycles. The normalized spacial score (nSPS) is 14.0. The van der Waals surface area contributed by atoms with Gasteiger partial charge in [0.2, 0.25) is 11.8 Å². The summed E-state index contributed by atoms with van der Waals surface area (Å²) in [5.41, 5.74) is 1.49. The van der Waals surface area contributed by atoms with Gasteiger partial charge in [0.25, 0.3) is 5.56 Å². The highest BCUT2D eigenvalue weighted by Crippen LogP contribution is 2.16. The first-order chi connectivity index (χ1) is 15.5. The Labute approximate surface area is 193 Å². The summed E-state index contributed by atoms with van der Waals surface area (Å²) >= 11 is 2.86. The zero-order valence-electron chi connectivity index (χ0n) is 17.7. The van der Waals surface area contributed by atoms with E-state index in [4.69, 9.17) is 4.74 Å². The van der Waals surface area contributed by atoms with Gasteiger partial charge < -0.3 is 14.5 Å². The fourth-order valence-electron chi connectivity index (χ4n) is 3.57. The number of carbonyl (C=O) groups is 2. The number of methoxy groups -OCH3 is 1. The lowest BCUT2D eigenvalue weighted by Gasteiger charge is -2.35. The number of fused-ring (bicyclic) bond motifs is 1. The third-order valence-electron chi connectivity index (χ3n) is 5.31. The van der Waals surface area contributed by atoms with E-state index in [0.717, 1.165) is 11.3 Å². The van der Waals surface area contributed by atoms with Crippen LogP contribution in [0.1, 0.15) is 11.3 Å². The van der Waals surface area contributed by atoms with Crippen LogP contribution >= 0.6 is 23.1 Å². The van der Waals surface area contributed by atoms with E-state index in [2.05, 4.69) is 4.98 Å². The van der Waals surface area contributed by atoms with Gasteiger partial charge in [-0.25, -0.2) is 4.98 Å². The number of hydrogen-bond acceptors (Lipinski definition) is 7. The summed E-state index contributed by atoms with van der Waals surface area (Å²) in [4.78, 5) is 46.0. The third kappa shape index (κ3) is 5.31. The van der Waals surface area contributed by atoms with Crippen LogP contribution in [0, 0.1) is 0 Å². The fourth-order valence-corrected chi connectivity index (χ4v) is 5.12. The average molecular weight is 473 g/mol. The first-order valence-corrected chi connectivity index (χ1v) is 12.3. The summed E-state index contributed by atoms with van der Waals surface area (Å²) in [5.74, 6) is 1.67. The summed E-state index contributed by atoms with van der Waals surface area (Å²) < 4.78 is 6.73. The Balaban J connectivity index is 1.22. The van der Waals surface area contributed by atoms with Gasteiger partial charge in [-0.15, -0.1) is 23.1 Å². The van der Waals surface area contributed by atoms with Gasteiger partial charge in [-0.3, -0.25) is 18.8 Å². The minimum Gasteiger partial charge on any atom is -0.497 e. The van der Waals surface area contributed by atoms with Crippen molar-refractivity contribution in [2.75, 3.05) is 39.0 Å². The molecule has 1 aromatic carbocycles. The number of thiazole rings is 1. The Bertz CT molecular complexity index is 1170. The van der Waals surface area contributed by atoms with Crippen molar-refractivity contribution in [2.45, 2.75) is 12.2 Å². The molecule has 32 heavy (non-hydrogen) atoms. The molecule has 1 fully saturated rings. The second kappa shape index (κ2) is 10.2. The molecule has 0 spiro atoms. The van der Waals surface area contributed by atoms with Crippen LogP contribution in [-0.4, -0.2) is 70.0 Å². The smallest absolute Gasteiger partial charge is 0.258 e. The number of benzene rings is 1. The van der Waals surface area contributed by atoms with Crippen molar-refractivity contribution in [2.24, 2.45) is 0 Å². The van der Waals surface area contributed by atoms with E-state index in [1.165, 1.54) is 33.6 Å². The number of amides is 2. The van der Waals surface area contributed by atoms with Crippen LogP contribution in [0.3, 0.4) is 0 Å². The van der Waals surface area contributed by atoms with Gasteiger partial charge in [0, 0.05) is 49.6 Å². The quantitative estimate of drug-likeness (QED) is 0.522. The molecule has 8 nitrogen and oxygen atoms in total. The lowest BCUT2D eigenvalue weighted by Crippen LogP contribution is -2.51. The zero-order valence-corrected chi connectivity index (χ0v) is 19.4. The van der Waals surface area contributed by atoms with E-state index in [-0.39, 0.29) is 17.4 Å². The molecular formula is C22H24N4O4S2. The maximum Gasteiger partial charge on any atom is 0.258 e. The predicted molar refractivity (Wildman–Crippen MR) is 125 cm³/mol. The van der Waals surface area contributed by atoms with E-state index in [1.54, 1.807) is 18.2 Å². The second-order valence-corrected chi connectivity index (χ2v) is 9.28. The molecule has 3 heterocycles. The van der Waals surface area contributed by atoms with Crippen LogP contribution in [0.2, 0.25) is 0 Å². The molecule has 1 aliphatic rings. The monoisotopic (exact) mass is 472 g/mol. The molecule has 0 bridgehead atoms. The second-order valence-electron chi connectivity index (χ2n) is 7.42.